The van der Waals surface area contributed by atoms with E-state index < -0.39 is 0 Å². The molecule has 1 amide bonds. The molecule has 0 radical (unpaired) electrons. The minimum atomic E-state index is -0.161. The zero-order valence-electron chi connectivity index (χ0n) is 18.4. The summed E-state index contributed by atoms with van der Waals surface area (Å²) in [6.07, 6.45) is 1.21. The Kier molecular flexibility index (Phi) is 6.61. The van der Waals surface area contributed by atoms with E-state index in [0.29, 0.717) is 31.1 Å². The lowest BCUT2D eigenvalue weighted by Crippen LogP contribution is -2.36. The monoisotopic (exact) mass is 450 g/mol. The highest BCUT2D eigenvalue weighted by Gasteiger charge is 2.21. The van der Waals surface area contributed by atoms with Gasteiger partial charge in [0, 0.05) is 37.3 Å². The first-order valence-corrected chi connectivity index (χ1v) is 11.2. The lowest BCUT2D eigenvalue weighted by molar-refractivity contribution is -0.130. The van der Waals surface area contributed by atoms with E-state index >= 15 is 0 Å². The van der Waals surface area contributed by atoms with E-state index in [1.165, 1.54) is 10.2 Å². The van der Waals surface area contributed by atoms with E-state index in [-0.39, 0.29) is 11.5 Å². The van der Waals surface area contributed by atoms with E-state index in [9.17, 15) is 9.59 Å². The number of aryl methyl sites for hydroxylation is 2. The second-order valence-corrected chi connectivity index (χ2v) is 8.67. The number of hydrogen-bond donors (Lipinski definition) is 0. The van der Waals surface area contributed by atoms with Crippen LogP contribution in [0.2, 0.25) is 5.02 Å². The van der Waals surface area contributed by atoms with Crippen LogP contribution in [0.15, 0.2) is 59.4 Å². The molecule has 1 fully saturated rings. The molecule has 32 heavy (non-hydrogen) atoms. The van der Waals surface area contributed by atoms with Crippen molar-refractivity contribution in [1.82, 2.24) is 14.7 Å². The van der Waals surface area contributed by atoms with Crippen LogP contribution in [0.4, 0.5) is 5.82 Å². The molecule has 0 saturated carbocycles. The molecule has 1 saturated heterocycles. The highest BCUT2D eigenvalue weighted by Crippen LogP contribution is 2.17. The van der Waals surface area contributed by atoms with E-state index in [4.69, 9.17) is 11.6 Å². The van der Waals surface area contributed by atoms with Crippen molar-refractivity contribution in [3.63, 3.8) is 0 Å². The van der Waals surface area contributed by atoms with Gasteiger partial charge in [-0.2, -0.15) is 4.68 Å². The van der Waals surface area contributed by atoms with Gasteiger partial charge in [0.05, 0.1) is 12.1 Å². The first-order valence-electron chi connectivity index (χ1n) is 10.9. The maximum Gasteiger partial charge on any atom is 0.271 e. The lowest BCUT2D eigenvalue weighted by atomic mass is 10.1. The minimum Gasteiger partial charge on any atom is -0.353 e. The Morgan fingerprint density at radius 2 is 1.72 bits per heavy atom. The van der Waals surface area contributed by atoms with E-state index in [2.05, 4.69) is 10.00 Å². The fourth-order valence-electron chi connectivity index (χ4n) is 3.90. The maximum atomic E-state index is 12.8. The summed E-state index contributed by atoms with van der Waals surface area (Å²) >= 11 is 5.94. The van der Waals surface area contributed by atoms with Gasteiger partial charge in [0.15, 0.2) is 0 Å². The third-order valence-electron chi connectivity index (χ3n) is 5.96. The van der Waals surface area contributed by atoms with Gasteiger partial charge in [0.1, 0.15) is 5.82 Å². The van der Waals surface area contributed by atoms with Crippen molar-refractivity contribution < 1.29 is 4.79 Å². The van der Waals surface area contributed by atoms with Gasteiger partial charge in [-0.3, -0.25) is 9.59 Å². The normalized spacial score (nSPS) is 14.3. The molecule has 1 aromatic heterocycles. The predicted molar refractivity (Wildman–Crippen MR) is 128 cm³/mol. The van der Waals surface area contributed by atoms with Gasteiger partial charge >= 0.3 is 0 Å². The van der Waals surface area contributed by atoms with Crippen LogP contribution >= 0.6 is 11.6 Å². The number of carbonyl (C=O) groups excluding carboxylic acids is 1. The fraction of sp³-hybridized carbons (Fsp3) is 0.320. The van der Waals surface area contributed by atoms with Crippen LogP contribution in [0.3, 0.4) is 0 Å². The second kappa shape index (κ2) is 9.57. The average molecular weight is 451 g/mol. The fourth-order valence-corrected chi connectivity index (χ4v) is 4.02. The molecule has 0 unspecified atom stereocenters. The number of amides is 1. The summed E-state index contributed by atoms with van der Waals surface area (Å²) in [4.78, 5) is 29.3. The molecule has 1 aliphatic rings. The highest BCUT2D eigenvalue weighted by atomic mass is 35.5. The van der Waals surface area contributed by atoms with Crippen molar-refractivity contribution in [1.29, 1.82) is 0 Å². The van der Waals surface area contributed by atoms with Crippen molar-refractivity contribution >= 4 is 23.3 Å². The zero-order valence-corrected chi connectivity index (χ0v) is 19.2. The molecule has 0 N–H and O–H groups in total. The van der Waals surface area contributed by atoms with Gasteiger partial charge in [-0.25, -0.2) is 0 Å². The van der Waals surface area contributed by atoms with Crippen LogP contribution in [0.25, 0.3) is 5.69 Å². The topological polar surface area (TPSA) is 58.4 Å². The minimum absolute atomic E-state index is 0.113. The molecule has 0 aliphatic carbocycles. The molecule has 166 valence electrons. The Labute approximate surface area is 193 Å². The average Bonchev–Trinajstić information content (AvgIpc) is 3.04. The third kappa shape index (κ3) is 5.02. The standard InChI is InChI=1S/C25H27ClN4O2/c1-18-4-9-22(16-19(18)2)30-24(31)11-10-23(27-30)28-12-3-13-29(15-14-28)25(32)17-20-5-7-21(26)8-6-20/h4-11,16H,3,12-15,17H2,1-2H3. The molecule has 7 heteroatoms. The summed E-state index contributed by atoms with van der Waals surface area (Å²) in [5, 5.41) is 5.31. The van der Waals surface area contributed by atoms with Crippen LogP contribution in [0.5, 0.6) is 0 Å². The summed E-state index contributed by atoms with van der Waals surface area (Å²) in [5.41, 5.74) is 3.85. The first kappa shape index (κ1) is 22.1. The Bertz CT molecular complexity index is 1170. The maximum absolute atomic E-state index is 12.8. The smallest absolute Gasteiger partial charge is 0.271 e. The molecule has 1 aliphatic heterocycles. The zero-order chi connectivity index (χ0) is 22.7. The number of benzene rings is 2. The molecule has 3 aromatic rings. The first-order chi connectivity index (χ1) is 15.4. The SMILES string of the molecule is Cc1ccc(-n2nc(N3CCCN(C(=O)Cc4ccc(Cl)cc4)CC3)ccc2=O)cc1C. The van der Waals surface area contributed by atoms with Gasteiger partial charge < -0.3 is 9.80 Å². The molecule has 0 bridgehead atoms. The number of carbonyl (C=O) groups is 1. The van der Waals surface area contributed by atoms with Crippen molar-refractivity contribution in [2.75, 3.05) is 31.1 Å². The molecule has 4 rings (SSSR count). The summed E-state index contributed by atoms with van der Waals surface area (Å²) in [5.74, 6) is 0.858. The molecular weight excluding hydrogens is 424 g/mol. The highest BCUT2D eigenvalue weighted by molar-refractivity contribution is 6.30. The van der Waals surface area contributed by atoms with Crippen LogP contribution < -0.4 is 10.5 Å². The summed E-state index contributed by atoms with van der Waals surface area (Å²) in [7, 11) is 0. The molecule has 6 nitrogen and oxygen atoms in total. The summed E-state index contributed by atoms with van der Waals surface area (Å²) in [6, 6.07) is 16.6. The Morgan fingerprint density at radius 1 is 0.938 bits per heavy atom. The van der Waals surface area contributed by atoms with E-state index in [1.54, 1.807) is 12.1 Å². The quantitative estimate of drug-likeness (QED) is 0.607. The van der Waals surface area contributed by atoms with Gasteiger partial charge in [-0.1, -0.05) is 29.8 Å². The van der Waals surface area contributed by atoms with E-state index in [1.807, 2.05) is 61.2 Å². The van der Waals surface area contributed by atoms with Crippen LogP contribution in [-0.4, -0.2) is 46.8 Å². The van der Waals surface area contributed by atoms with Crippen molar-refractivity contribution in [3.8, 4) is 5.69 Å². The Hall–Kier alpha value is -3.12. The van der Waals surface area contributed by atoms with Crippen LogP contribution in [0.1, 0.15) is 23.1 Å². The van der Waals surface area contributed by atoms with Gasteiger partial charge in [-0.15, -0.1) is 5.10 Å². The van der Waals surface area contributed by atoms with Crippen LogP contribution in [-0.2, 0) is 11.2 Å². The number of aromatic nitrogens is 2. The Balaban J connectivity index is 1.47. The van der Waals surface area contributed by atoms with Crippen molar-refractivity contribution in [3.05, 3.63) is 86.7 Å². The molecule has 2 heterocycles. The molecule has 0 spiro atoms. The predicted octanol–water partition coefficient (Wildman–Crippen LogP) is 3.78. The van der Waals surface area contributed by atoms with E-state index in [0.717, 1.165) is 35.6 Å². The lowest BCUT2D eigenvalue weighted by Gasteiger charge is -2.23. The van der Waals surface area contributed by atoms with Gasteiger partial charge in [0.25, 0.3) is 5.56 Å². The number of halogens is 1. The number of nitrogens with zero attached hydrogens (tertiary/aromatic N) is 4. The third-order valence-corrected chi connectivity index (χ3v) is 6.21. The number of anilines is 1. The largest absolute Gasteiger partial charge is 0.353 e. The number of hydrogen-bond acceptors (Lipinski definition) is 4. The molecular formula is C25H27ClN4O2. The van der Waals surface area contributed by atoms with Crippen molar-refractivity contribution in [2.45, 2.75) is 26.7 Å². The van der Waals surface area contributed by atoms with Crippen LogP contribution in [0, 0.1) is 13.8 Å². The summed E-state index contributed by atoms with van der Waals surface area (Å²) < 4.78 is 1.45. The molecule has 0 atom stereocenters. The molecule has 2 aromatic carbocycles. The Morgan fingerprint density at radius 3 is 2.47 bits per heavy atom. The summed E-state index contributed by atoms with van der Waals surface area (Å²) in [6.45, 7) is 6.85. The van der Waals surface area contributed by atoms with Crippen molar-refractivity contribution in [2.24, 2.45) is 0 Å². The number of rotatable bonds is 4. The second-order valence-electron chi connectivity index (χ2n) is 8.23. The van der Waals surface area contributed by atoms with Gasteiger partial charge in [0.2, 0.25) is 5.91 Å². The van der Waals surface area contributed by atoms with Gasteiger partial charge in [-0.05, 0) is 67.3 Å².